The molecule has 1 aliphatic heterocycles. The molecular weight excluding hydrogens is 354 g/mol. The van der Waals surface area contributed by atoms with E-state index >= 15 is 0 Å². The van der Waals surface area contributed by atoms with Crippen molar-refractivity contribution < 1.29 is 9.42 Å². The fraction of sp³-hybridized carbons (Fsp3) is 0.238. The van der Waals surface area contributed by atoms with Crippen LogP contribution in [0.15, 0.2) is 58.2 Å². The van der Waals surface area contributed by atoms with Gasteiger partial charge in [-0.2, -0.15) is 0 Å². The van der Waals surface area contributed by atoms with E-state index in [4.69, 9.17) is 9.62 Å². The predicted molar refractivity (Wildman–Crippen MR) is 108 cm³/mol. The standard InChI is InChI=1S/C21H21N5O2/c1-13(27)22-21-20(24-28-25-21)19-17(16-6-4-5-7-18(16)23-19)12-14-8-10-15(11-9-14)26(2)3/h4-11,17H,12H2,1-3H3,(H,22,25,27). The monoisotopic (exact) mass is 375 g/mol. The van der Waals surface area contributed by atoms with E-state index in [1.165, 1.54) is 12.5 Å². The van der Waals surface area contributed by atoms with Crippen molar-refractivity contribution in [1.82, 2.24) is 10.3 Å². The Morgan fingerprint density at radius 1 is 1.11 bits per heavy atom. The molecule has 1 N–H and O–H groups in total. The maximum absolute atomic E-state index is 11.5. The quantitative estimate of drug-likeness (QED) is 0.737. The van der Waals surface area contributed by atoms with Crippen LogP contribution in [0, 0.1) is 0 Å². The Morgan fingerprint density at radius 3 is 2.57 bits per heavy atom. The van der Waals surface area contributed by atoms with Crippen molar-refractivity contribution in [2.75, 3.05) is 24.3 Å². The number of rotatable bonds is 5. The predicted octanol–water partition coefficient (Wildman–Crippen LogP) is 3.55. The third-order valence-corrected chi connectivity index (χ3v) is 4.80. The van der Waals surface area contributed by atoms with Crippen LogP contribution in [0.3, 0.4) is 0 Å². The average Bonchev–Trinajstić information content (AvgIpc) is 3.26. The third kappa shape index (κ3) is 3.38. The molecule has 1 atom stereocenters. The van der Waals surface area contributed by atoms with Crippen molar-refractivity contribution in [1.29, 1.82) is 0 Å². The Hall–Kier alpha value is -3.48. The van der Waals surface area contributed by atoms with Crippen LogP contribution in [-0.2, 0) is 11.2 Å². The van der Waals surface area contributed by atoms with Crippen LogP contribution in [0.1, 0.15) is 29.7 Å². The normalized spacial score (nSPS) is 15.1. The number of hydrogen-bond donors (Lipinski definition) is 1. The first-order valence-corrected chi connectivity index (χ1v) is 9.07. The van der Waals surface area contributed by atoms with E-state index in [2.05, 4.69) is 50.9 Å². The molecule has 0 fully saturated rings. The van der Waals surface area contributed by atoms with E-state index in [0.29, 0.717) is 11.5 Å². The molecule has 0 saturated carbocycles. The topological polar surface area (TPSA) is 83.6 Å². The number of aromatic nitrogens is 2. The molecule has 1 aliphatic rings. The van der Waals surface area contributed by atoms with Gasteiger partial charge in [0.15, 0.2) is 5.69 Å². The summed E-state index contributed by atoms with van der Waals surface area (Å²) < 4.78 is 4.90. The lowest BCUT2D eigenvalue weighted by atomic mass is 9.88. The number of amides is 1. The Labute approximate surface area is 163 Å². The van der Waals surface area contributed by atoms with Gasteiger partial charge in [-0.25, -0.2) is 9.62 Å². The van der Waals surface area contributed by atoms with Crippen molar-refractivity contribution in [3.63, 3.8) is 0 Å². The SMILES string of the molecule is CC(=O)Nc1nonc1C1=Nc2ccccc2C1Cc1ccc(N(C)C)cc1. The van der Waals surface area contributed by atoms with Gasteiger partial charge in [-0.15, -0.1) is 0 Å². The number of nitrogens with one attached hydrogen (secondary N) is 1. The van der Waals surface area contributed by atoms with E-state index < -0.39 is 0 Å². The molecule has 2 aromatic carbocycles. The number of anilines is 2. The van der Waals surface area contributed by atoms with Crippen LogP contribution in [0.5, 0.6) is 0 Å². The maximum atomic E-state index is 11.5. The Morgan fingerprint density at radius 2 is 1.86 bits per heavy atom. The van der Waals surface area contributed by atoms with Crippen molar-refractivity contribution in [3.05, 3.63) is 65.4 Å². The summed E-state index contributed by atoms with van der Waals surface area (Å²) in [6.07, 6.45) is 0.760. The number of carbonyl (C=O) groups excluding carboxylic acids is 1. The molecule has 1 aromatic heterocycles. The molecule has 142 valence electrons. The molecule has 4 rings (SSSR count). The molecule has 0 radical (unpaired) electrons. The smallest absolute Gasteiger partial charge is 0.222 e. The fourth-order valence-electron chi connectivity index (χ4n) is 3.43. The van der Waals surface area contributed by atoms with Gasteiger partial charge in [0.2, 0.25) is 11.7 Å². The molecular formula is C21H21N5O2. The van der Waals surface area contributed by atoms with Crippen LogP contribution in [0.25, 0.3) is 0 Å². The summed E-state index contributed by atoms with van der Waals surface area (Å²) in [5.74, 6) is 0.0664. The minimum atomic E-state index is -0.233. The van der Waals surface area contributed by atoms with E-state index in [1.807, 2.05) is 32.3 Å². The molecule has 0 bridgehead atoms. The molecule has 1 amide bonds. The summed E-state index contributed by atoms with van der Waals surface area (Å²) >= 11 is 0. The van der Waals surface area contributed by atoms with Gasteiger partial charge in [0.25, 0.3) is 0 Å². The van der Waals surface area contributed by atoms with Gasteiger partial charge in [0.05, 0.1) is 11.4 Å². The molecule has 7 nitrogen and oxygen atoms in total. The Kier molecular flexibility index (Phi) is 4.65. The summed E-state index contributed by atoms with van der Waals surface area (Å²) in [6, 6.07) is 16.5. The van der Waals surface area contributed by atoms with Gasteiger partial charge in [-0.3, -0.25) is 4.79 Å². The van der Waals surface area contributed by atoms with Crippen LogP contribution in [0.2, 0.25) is 0 Å². The number of hydrogen-bond acceptors (Lipinski definition) is 6. The highest BCUT2D eigenvalue weighted by molar-refractivity contribution is 6.12. The summed E-state index contributed by atoms with van der Waals surface area (Å²) in [7, 11) is 4.04. The molecule has 7 heteroatoms. The van der Waals surface area contributed by atoms with Gasteiger partial charge in [0, 0.05) is 32.6 Å². The number of para-hydroxylation sites is 1. The van der Waals surface area contributed by atoms with Gasteiger partial charge < -0.3 is 10.2 Å². The van der Waals surface area contributed by atoms with Crippen LogP contribution in [-0.4, -0.2) is 36.0 Å². The highest BCUT2D eigenvalue weighted by Gasteiger charge is 2.32. The zero-order valence-corrected chi connectivity index (χ0v) is 16.0. The summed E-state index contributed by atoms with van der Waals surface area (Å²) in [5.41, 5.74) is 5.61. The largest absolute Gasteiger partial charge is 0.378 e. The number of aliphatic imine (C=N–C) groups is 1. The number of nitrogens with zero attached hydrogens (tertiary/aromatic N) is 4. The molecule has 3 aromatic rings. The fourth-order valence-corrected chi connectivity index (χ4v) is 3.43. The Balaban J connectivity index is 1.70. The third-order valence-electron chi connectivity index (χ3n) is 4.80. The minimum absolute atomic E-state index is 0.000754. The summed E-state index contributed by atoms with van der Waals surface area (Å²) in [4.78, 5) is 18.3. The van der Waals surface area contributed by atoms with Crippen LogP contribution in [0.4, 0.5) is 17.2 Å². The maximum Gasteiger partial charge on any atom is 0.222 e. The first-order chi connectivity index (χ1) is 13.5. The molecule has 1 unspecified atom stereocenters. The van der Waals surface area contributed by atoms with E-state index in [9.17, 15) is 4.79 Å². The highest BCUT2D eigenvalue weighted by atomic mass is 16.6. The molecule has 28 heavy (non-hydrogen) atoms. The van der Waals surface area contributed by atoms with Gasteiger partial charge in [-0.1, -0.05) is 30.3 Å². The van der Waals surface area contributed by atoms with Crippen molar-refractivity contribution >= 4 is 28.8 Å². The highest BCUT2D eigenvalue weighted by Crippen LogP contribution is 2.40. The average molecular weight is 375 g/mol. The first-order valence-electron chi connectivity index (χ1n) is 9.07. The lowest BCUT2D eigenvalue weighted by Gasteiger charge is -2.16. The Bertz CT molecular complexity index is 1040. The number of benzene rings is 2. The lowest BCUT2D eigenvalue weighted by Crippen LogP contribution is -2.17. The van der Waals surface area contributed by atoms with E-state index in [0.717, 1.165) is 29.1 Å². The zero-order chi connectivity index (χ0) is 19.7. The lowest BCUT2D eigenvalue weighted by molar-refractivity contribution is -0.114. The molecule has 2 heterocycles. The summed E-state index contributed by atoms with van der Waals surface area (Å²) in [5, 5.41) is 10.5. The first kappa shape index (κ1) is 17.9. The molecule has 0 spiro atoms. The van der Waals surface area contributed by atoms with Crippen molar-refractivity contribution in [2.24, 2.45) is 4.99 Å². The minimum Gasteiger partial charge on any atom is -0.378 e. The van der Waals surface area contributed by atoms with Gasteiger partial charge in [0.1, 0.15) is 0 Å². The van der Waals surface area contributed by atoms with E-state index in [-0.39, 0.29) is 11.8 Å². The molecule has 0 aliphatic carbocycles. The van der Waals surface area contributed by atoms with Crippen LogP contribution >= 0.6 is 0 Å². The summed E-state index contributed by atoms with van der Waals surface area (Å²) in [6.45, 7) is 1.42. The van der Waals surface area contributed by atoms with Crippen molar-refractivity contribution in [3.8, 4) is 0 Å². The second kappa shape index (κ2) is 7.26. The second-order valence-corrected chi connectivity index (χ2v) is 7.02. The van der Waals surface area contributed by atoms with Gasteiger partial charge in [-0.05, 0) is 46.1 Å². The second-order valence-electron chi connectivity index (χ2n) is 7.02. The molecule has 0 saturated heterocycles. The van der Waals surface area contributed by atoms with Crippen molar-refractivity contribution in [2.45, 2.75) is 19.3 Å². The van der Waals surface area contributed by atoms with Crippen LogP contribution < -0.4 is 10.2 Å². The number of fused-ring (bicyclic) bond motifs is 1. The van der Waals surface area contributed by atoms with E-state index in [1.54, 1.807) is 0 Å². The van der Waals surface area contributed by atoms with Gasteiger partial charge >= 0.3 is 0 Å². The zero-order valence-electron chi connectivity index (χ0n) is 16.0. The number of carbonyl (C=O) groups is 1.